The number of aliphatic hydroxyl groups is 3. The van der Waals surface area contributed by atoms with Crippen molar-refractivity contribution >= 4 is 11.6 Å². The summed E-state index contributed by atoms with van der Waals surface area (Å²) in [5.74, 6) is 0.668. The fraction of sp³-hybridized carbons (Fsp3) is 0.389. The summed E-state index contributed by atoms with van der Waals surface area (Å²) in [6, 6.07) is 6.21. The molecule has 1 aromatic heterocycles. The van der Waals surface area contributed by atoms with Gasteiger partial charge in [0.05, 0.1) is 12.7 Å². The van der Waals surface area contributed by atoms with Gasteiger partial charge in [-0.3, -0.25) is 4.79 Å². The van der Waals surface area contributed by atoms with E-state index in [9.17, 15) is 25.2 Å². The molecule has 4 atom stereocenters. The van der Waals surface area contributed by atoms with Crippen molar-refractivity contribution in [3.8, 4) is 11.5 Å². The molecule has 0 radical (unpaired) electrons. The highest BCUT2D eigenvalue weighted by molar-refractivity contribution is 6.21. The van der Waals surface area contributed by atoms with Crippen molar-refractivity contribution in [1.29, 1.82) is 0 Å². The standard InChI is InChI=1S/C18H19ClO7/c1-25-12-5-3-8(6-10(12)20)2-4-9-7-11(21)13-15(22)17(24)16(23)14(19)18(13)26-9/h3,5-7,14-17,20,22-24H,2,4H2,1H3/t14-,15+,16-,17+/m1/s1. The Kier molecular flexibility index (Phi) is 5.24. The maximum atomic E-state index is 12.3. The summed E-state index contributed by atoms with van der Waals surface area (Å²) in [4.78, 5) is 12.3. The molecule has 0 aliphatic heterocycles. The van der Waals surface area contributed by atoms with E-state index in [-0.39, 0.29) is 17.1 Å². The van der Waals surface area contributed by atoms with E-state index in [2.05, 4.69) is 0 Å². The molecule has 7 nitrogen and oxygen atoms in total. The number of phenols is 1. The van der Waals surface area contributed by atoms with Crippen LogP contribution in [-0.2, 0) is 12.8 Å². The number of methoxy groups -OCH3 is 1. The Bertz CT molecular complexity index is 863. The lowest BCUT2D eigenvalue weighted by Gasteiger charge is -2.32. The first-order chi connectivity index (χ1) is 12.3. The van der Waals surface area contributed by atoms with Gasteiger partial charge in [0, 0.05) is 12.5 Å². The van der Waals surface area contributed by atoms with E-state index < -0.39 is 29.1 Å². The zero-order chi connectivity index (χ0) is 19.0. The van der Waals surface area contributed by atoms with Crippen LogP contribution in [0.1, 0.15) is 34.1 Å². The number of benzene rings is 1. The first-order valence-corrected chi connectivity index (χ1v) is 8.48. The maximum absolute atomic E-state index is 12.3. The van der Waals surface area contributed by atoms with Crippen molar-refractivity contribution in [2.45, 2.75) is 36.5 Å². The number of aliphatic hydroxyl groups excluding tert-OH is 3. The van der Waals surface area contributed by atoms with E-state index in [1.54, 1.807) is 18.2 Å². The van der Waals surface area contributed by atoms with Gasteiger partial charge in [-0.2, -0.15) is 0 Å². The lowest BCUT2D eigenvalue weighted by atomic mass is 9.88. The second-order valence-corrected chi connectivity index (χ2v) is 6.66. The van der Waals surface area contributed by atoms with Crippen LogP contribution in [0.2, 0.25) is 0 Å². The minimum absolute atomic E-state index is 0.0120. The molecular weight excluding hydrogens is 364 g/mol. The average molecular weight is 383 g/mol. The number of halogens is 1. The zero-order valence-corrected chi connectivity index (χ0v) is 14.7. The normalized spacial score (nSPS) is 25.0. The van der Waals surface area contributed by atoms with Crippen molar-refractivity contribution in [2.75, 3.05) is 7.11 Å². The topological polar surface area (TPSA) is 120 Å². The Balaban J connectivity index is 1.86. The van der Waals surface area contributed by atoms with Crippen LogP contribution in [0.5, 0.6) is 11.5 Å². The fourth-order valence-electron chi connectivity index (χ4n) is 3.03. The SMILES string of the molecule is COc1ccc(CCc2cc(=O)c3c(o2)[C@H](Cl)[C@@H](O)[C@@H](O)[C@H]3O)cc1O. The lowest BCUT2D eigenvalue weighted by molar-refractivity contribution is -0.0756. The van der Waals surface area contributed by atoms with Gasteiger partial charge >= 0.3 is 0 Å². The Morgan fingerprint density at radius 3 is 2.54 bits per heavy atom. The molecule has 0 saturated carbocycles. The smallest absolute Gasteiger partial charge is 0.191 e. The van der Waals surface area contributed by atoms with Crippen LogP contribution in [0.25, 0.3) is 0 Å². The summed E-state index contributed by atoms with van der Waals surface area (Å²) in [5.41, 5.74) is 0.165. The molecule has 0 fully saturated rings. The van der Waals surface area contributed by atoms with Crippen LogP contribution in [0.3, 0.4) is 0 Å². The quantitative estimate of drug-likeness (QED) is 0.586. The van der Waals surface area contributed by atoms with Crippen LogP contribution in [0.4, 0.5) is 0 Å². The van der Waals surface area contributed by atoms with Gasteiger partial charge in [0.15, 0.2) is 16.9 Å². The summed E-state index contributed by atoms with van der Waals surface area (Å²) in [6.45, 7) is 0. The van der Waals surface area contributed by atoms with Gasteiger partial charge in [-0.1, -0.05) is 6.07 Å². The van der Waals surface area contributed by atoms with Crippen LogP contribution in [0.15, 0.2) is 33.5 Å². The third-order valence-electron chi connectivity index (χ3n) is 4.49. The Labute approximate surface area is 154 Å². The maximum Gasteiger partial charge on any atom is 0.191 e. The summed E-state index contributed by atoms with van der Waals surface area (Å²) in [7, 11) is 1.46. The second kappa shape index (κ2) is 7.28. The van der Waals surface area contributed by atoms with Gasteiger partial charge in [-0.15, -0.1) is 11.6 Å². The molecule has 0 spiro atoms. The van der Waals surface area contributed by atoms with E-state index in [1.807, 2.05) is 0 Å². The van der Waals surface area contributed by atoms with Gasteiger partial charge in [0.25, 0.3) is 0 Å². The molecule has 1 aromatic carbocycles. The molecule has 1 aliphatic carbocycles. The first kappa shape index (κ1) is 18.7. The van der Waals surface area contributed by atoms with Gasteiger partial charge in [0.2, 0.25) is 0 Å². The molecule has 2 aromatic rings. The van der Waals surface area contributed by atoms with Crippen molar-refractivity contribution < 1.29 is 29.6 Å². The summed E-state index contributed by atoms with van der Waals surface area (Å²) in [6.07, 6.45) is -3.75. The third kappa shape index (κ3) is 3.31. The van der Waals surface area contributed by atoms with Crippen LogP contribution >= 0.6 is 11.6 Å². The number of aromatic hydroxyl groups is 1. The minimum Gasteiger partial charge on any atom is -0.504 e. The highest BCUT2D eigenvalue weighted by atomic mass is 35.5. The molecule has 0 bridgehead atoms. The number of rotatable bonds is 4. The highest BCUT2D eigenvalue weighted by Crippen LogP contribution is 2.39. The van der Waals surface area contributed by atoms with Crippen molar-refractivity contribution in [3.63, 3.8) is 0 Å². The number of fused-ring (bicyclic) bond motifs is 1. The Hall–Kier alpha value is -2.06. The van der Waals surface area contributed by atoms with Crippen molar-refractivity contribution in [3.05, 3.63) is 57.1 Å². The monoisotopic (exact) mass is 382 g/mol. The van der Waals surface area contributed by atoms with Crippen LogP contribution in [0, 0.1) is 0 Å². The Morgan fingerprint density at radius 1 is 1.15 bits per heavy atom. The van der Waals surface area contributed by atoms with E-state index in [0.717, 1.165) is 5.56 Å². The second-order valence-electron chi connectivity index (χ2n) is 6.19. The molecular formula is C18H19ClO7. The molecule has 0 amide bonds. The predicted molar refractivity (Wildman–Crippen MR) is 92.6 cm³/mol. The molecule has 140 valence electrons. The molecule has 8 heteroatoms. The molecule has 3 rings (SSSR count). The van der Waals surface area contributed by atoms with E-state index >= 15 is 0 Å². The average Bonchev–Trinajstić information content (AvgIpc) is 2.62. The number of phenolic OH excluding ortho intramolecular Hbond substituents is 1. The lowest BCUT2D eigenvalue weighted by Crippen LogP contribution is -2.42. The Morgan fingerprint density at radius 2 is 1.88 bits per heavy atom. The predicted octanol–water partition coefficient (Wildman–Crippen LogP) is 1.19. The minimum atomic E-state index is -1.56. The van der Waals surface area contributed by atoms with Gasteiger partial charge in [-0.05, 0) is 24.1 Å². The third-order valence-corrected chi connectivity index (χ3v) is 4.94. The summed E-state index contributed by atoms with van der Waals surface area (Å²) < 4.78 is 10.6. The number of ether oxygens (including phenoxy) is 1. The number of hydrogen-bond donors (Lipinski definition) is 4. The summed E-state index contributed by atoms with van der Waals surface area (Å²) in [5, 5.41) is 38.4. The number of hydrogen-bond acceptors (Lipinski definition) is 7. The highest BCUT2D eigenvalue weighted by Gasteiger charge is 2.43. The van der Waals surface area contributed by atoms with Crippen molar-refractivity contribution in [1.82, 2.24) is 0 Å². The zero-order valence-electron chi connectivity index (χ0n) is 13.9. The van der Waals surface area contributed by atoms with E-state index in [1.165, 1.54) is 13.2 Å². The first-order valence-electron chi connectivity index (χ1n) is 8.04. The van der Waals surface area contributed by atoms with E-state index in [0.29, 0.717) is 24.4 Å². The van der Waals surface area contributed by atoms with Crippen LogP contribution in [-0.4, -0.2) is 39.7 Å². The van der Waals surface area contributed by atoms with Gasteiger partial charge in [0.1, 0.15) is 35.2 Å². The van der Waals surface area contributed by atoms with E-state index in [4.69, 9.17) is 20.8 Å². The van der Waals surface area contributed by atoms with Crippen molar-refractivity contribution in [2.24, 2.45) is 0 Å². The summed E-state index contributed by atoms with van der Waals surface area (Å²) >= 11 is 6.07. The number of aryl methyl sites for hydroxylation is 2. The van der Waals surface area contributed by atoms with Gasteiger partial charge < -0.3 is 29.6 Å². The molecule has 4 N–H and O–H groups in total. The largest absolute Gasteiger partial charge is 0.504 e. The molecule has 26 heavy (non-hydrogen) atoms. The molecule has 0 unspecified atom stereocenters. The molecule has 0 saturated heterocycles. The molecule has 1 heterocycles. The van der Waals surface area contributed by atoms with Crippen LogP contribution < -0.4 is 10.2 Å². The fourth-order valence-corrected chi connectivity index (χ4v) is 3.35. The number of alkyl halides is 1. The van der Waals surface area contributed by atoms with Gasteiger partial charge in [-0.25, -0.2) is 0 Å². The molecule has 1 aliphatic rings.